The molecule has 0 N–H and O–H groups in total. The van der Waals surface area contributed by atoms with Gasteiger partial charge in [0.2, 0.25) is 0 Å². The first-order valence-corrected chi connectivity index (χ1v) is 3.58. The van der Waals surface area contributed by atoms with E-state index < -0.39 is 0 Å². The molecule has 1 heterocycles. The third kappa shape index (κ3) is 2.53. The van der Waals surface area contributed by atoms with E-state index in [-0.39, 0.29) is 0 Å². The van der Waals surface area contributed by atoms with Gasteiger partial charge in [0.25, 0.3) is 0 Å². The van der Waals surface area contributed by atoms with Crippen LogP contribution in [0, 0.1) is 0 Å². The topological polar surface area (TPSA) is 3.24 Å². The van der Waals surface area contributed by atoms with Gasteiger partial charge in [-0.05, 0) is 12.6 Å². The molecule has 54 valence electrons. The number of likely N-dealkylation sites (N-methyl/N-ethyl adjacent to an activating group) is 1. The van der Waals surface area contributed by atoms with Crippen molar-refractivity contribution < 1.29 is 0 Å². The minimum absolute atomic E-state index is 1.00. The van der Waals surface area contributed by atoms with E-state index in [4.69, 9.17) is 0 Å². The number of rotatable bonds is 0. The third-order valence-electron chi connectivity index (χ3n) is 1.41. The summed E-state index contributed by atoms with van der Waals surface area (Å²) < 4.78 is 0. The quantitative estimate of drug-likeness (QED) is 0.490. The van der Waals surface area contributed by atoms with Crippen LogP contribution in [0.5, 0.6) is 0 Å². The second-order valence-corrected chi connectivity index (χ2v) is 2.42. The van der Waals surface area contributed by atoms with Gasteiger partial charge in [-0.25, -0.2) is 0 Å². The fraction of sp³-hybridized carbons (Fsp3) is 0.333. The Morgan fingerprint density at radius 2 is 1.90 bits per heavy atom. The maximum atomic E-state index is 2.16. The van der Waals surface area contributed by atoms with E-state index in [1.807, 2.05) is 0 Å². The monoisotopic (exact) mass is 135 g/mol. The standard InChI is InChI=1S/C9H13N/c1-10-8-6-4-2-3-5-7-9-10/h2-4,6-7,9H,5,8H2,1H3/b3-2-,6-4-,9-7-. The lowest BCUT2D eigenvalue weighted by Gasteiger charge is -2.08. The van der Waals surface area contributed by atoms with E-state index in [0.29, 0.717) is 0 Å². The van der Waals surface area contributed by atoms with Crippen molar-refractivity contribution in [2.75, 3.05) is 13.6 Å². The van der Waals surface area contributed by atoms with Crippen molar-refractivity contribution in [3.8, 4) is 0 Å². The van der Waals surface area contributed by atoms with Gasteiger partial charge in [0.1, 0.15) is 0 Å². The van der Waals surface area contributed by atoms with Crippen molar-refractivity contribution in [2.24, 2.45) is 0 Å². The second-order valence-electron chi connectivity index (χ2n) is 2.42. The molecule has 0 atom stereocenters. The Kier molecular flexibility index (Phi) is 2.81. The highest BCUT2D eigenvalue weighted by molar-refractivity contribution is 5.07. The molecule has 10 heavy (non-hydrogen) atoms. The van der Waals surface area contributed by atoms with Crippen LogP contribution in [0.3, 0.4) is 0 Å². The highest BCUT2D eigenvalue weighted by Gasteiger charge is 1.84. The van der Waals surface area contributed by atoms with Gasteiger partial charge in [-0.3, -0.25) is 0 Å². The van der Waals surface area contributed by atoms with Crippen LogP contribution in [-0.2, 0) is 0 Å². The molecule has 0 bridgehead atoms. The van der Waals surface area contributed by atoms with Crippen molar-refractivity contribution in [1.29, 1.82) is 0 Å². The molecular weight excluding hydrogens is 122 g/mol. The summed E-state index contributed by atoms with van der Waals surface area (Å²) in [6.45, 7) is 1.00. The molecule has 1 nitrogen and oxygen atoms in total. The second kappa shape index (κ2) is 3.94. The van der Waals surface area contributed by atoms with Gasteiger partial charge < -0.3 is 4.90 Å². The summed E-state index contributed by atoms with van der Waals surface area (Å²) in [5.74, 6) is 0. The van der Waals surface area contributed by atoms with Crippen molar-refractivity contribution in [3.05, 3.63) is 36.6 Å². The van der Waals surface area contributed by atoms with Crippen LogP contribution < -0.4 is 0 Å². The molecule has 0 saturated heterocycles. The first-order chi connectivity index (χ1) is 4.89. The fourth-order valence-corrected chi connectivity index (χ4v) is 0.843. The summed E-state index contributed by atoms with van der Waals surface area (Å²) in [6.07, 6.45) is 13.8. The lowest BCUT2D eigenvalue weighted by Crippen LogP contribution is -2.09. The molecule has 0 amide bonds. The normalized spacial score (nSPS) is 27.9. The van der Waals surface area contributed by atoms with E-state index in [9.17, 15) is 0 Å². The Bertz CT molecular complexity index is 166. The highest BCUT2D eigenvalue weighted by Crippen LogP contribution is 1.94. The Morgan fingerprint density at radius 3 is 2.80 bits per heavy atom. The number of allylic oxidation sites excluding steroid dienone is 4. The molecule has 0 unspecified atom stereocenters. The van der Waals surface area contributed by atoms with Gasteiger partial charge in [-0.1, -0.05) is 30.4 Å². The minimum atomic E-state index is 1.00. The van der Waals surface area contributed by atoms with Gasteiger partial charge >= 0.3 is 0 Å². The molecule has 0 saturated carbocycles. The molecule has 1 aliphatic heterocycles. The molecule has 0 fully saturated rings. The van der Waals surface area contributed by atoms with Crippen LogP contribution in [0.25, 0.3) is 0 Å². The zero-order valence-corrected chi connectivity index (χ0v) is 6.33. The van der Waals surface area contributed by atoms with Crippen LogP contribution >= 0.6 is 0 Å². The van der Waals surface area contributed by atoms with E-state index >= 15 is 0 Å². The lowest BCUT2D eigenvalue weighted by molar-refractivity contribution is 0.508. The molecule has 1 heteroatoms. The van der Waals surface area contributed by atoms with Crippen LogP contribution in [0.2, 0.25) is 0 Å². The number of hydrogen-bond donors (Lipinski definition) is 0. The van der Waals surface area contributed by atoms with Crippen LogP contribution in [0.4, 0.5) is 0 Å². The Labute approximate surface area is 62.3 Å². The van der Waals surface area contributed by atoms with Crippen LogP contribution in [-0.4, -0.2) is 18.5 Å². The predicted molar refractivity (Wildman–Crippen MR) is 44.7 cm³/mol. The fourth-order valence-electron chi connectivity index (χ4n) is 0.843. The largest absolute Gasteiger partial charge is 0.377 e. The molecule has 1 rings (SSSR count). The predicted octanol–water partition coefficient (Wildman–Crippen LogP) is 1.95. The van der Waals surface area contributed by atoms with Gasteiger partial charge in [0.15, 0.2) is 0 Å². The summed E-state index contributed by atoms with van der Waals surface area (Å²) in [5.41, 5.74) is 0. The smallest absolute Gasteiger partial charge is 0.0353 e. The average molecular weight is 135 g/mol. The minimum Gasteiger partial charge on any atom is -0.377 e. The summed E-state index contributed by atoms with van der Waals surface area (Å²) in [5, 5.41) is 0. The number of hydrogen-bond acceptors (Lipinski definition) is 1. The van der Waals surface area contributed by atoms with Crippen molar-refractivity contribution in [3.63, 3.8) is 0 Å². The molecule has 0 spiro atoms. The zero-order valence-electron chi connectivity index (χ0n) is 6.33. The molecular formula is C9H13N. The van der Waals surface area contributed by atoms with Gasteiger partial charge in [0, 0.05) is 13.6 Å². The van der Waals surface area contributed by atoms with E-state index in [1.165, 1.54) is 0 Å². The van der Waals surface area contributed by atoms with Gasteiger partial charge in [-0.2, -0.15) is 0 Å². The highest BCUT2D eigenvalue weighted by atomic mass is 15.1. The summed E-state index contributed by atoms with van der Waals surface area (Å²) in [6, 6.07) is 0. The SMILES string of the molecule is CN1/C=C\C/C=C\C=C/C1. The van der Waals surface area contributed by atoms with Gasteiger partial charge in [0.05, 0.1) is 0 Å². The maximum Gasteiger partial charge on any atom is 0.0353 e. The van der Waals surface area contributed by atoms with E-state index in [1.54, 1.807) is 0 Å². The lowest BCUT2D eigenvalue weighted by atomic mass is 10.3. The zero-order chi connectivity index (χ0) is 7.23. The summed E-state index contributed by atoms with van der Waals surface area (Å²) >= 11 is 0. The molecule has 0 aliphatic carbocycles. The Morgan fingerprint density at radius 1 is 1.10 bits per heavy atom. The molecule has 0 aromatic carbocycles. The van der Waals surface area contributed by atoms with E-state index in [0.717, 1.165) is 13.0 Å². The van der Waals surface area contributed by atoms with Crippen molar-refractivity contribution in [2.45, 2.75) is 6.42 Å². The maximum absolute atomic E-state index is 2.16. The first-order valence-electron chi connectivity index (χ1n) is 3.58. The van der Waals surface area contributed by atoms with Crippen molar-refractivity contribution in [1.82, 2.24) is 4.90 Å². The molecule has 0 radical (unpaired) electrons. The average Bonchev–Trinajstić information content (AvgIpc) is 2.02. The number of nitrogens with zero attached hydrogens (tertiary/aromatic N) is 1. The van der Waals surface area contributed by atoms with E-state index in [2.05, 4.69) is 48.5 Å². The molecule has 0 aromatic heterocycles. The Balaban J connectivity index is 2.52. The molecule has 1 aliphatic rings. The Hall–Kier alpha value is -0.980. The summed E-state index contributed by atoms with van der Waals surface area (Å²) in [4.78, 5) is 2.16. The molecule has 0 aromatic rings. The third-order valence-corrected chi connectivity index (χ3v) is 1.41. The van der Waals surface area contributed by atoms with Crippen LogP contribution in [0.1, 0.15) is 6.42 Å². The van der Waals surface area contributed by atoms with Crippen LogP contribution in [0.15, 0.2) is 36.6 Å². The summed E-state index contributed by atoms with van der Waals surface area (Å²) in [7, 11) is 2.08. The van der Waals surface area contributed by atoms with Crippen molar-refractivity contribution >= 4 is 0 Å². The van der Waals surface area contributed by atoms with Gasteiger partial charge in [-0.15, -0.1) is 0 Å². The first kappa shape index (κ1) is 7.13.